The molecule has 0 fully saturated rings. The summed E-state index contributed by atoms with van der Waals surface area (Å²) >= 11 is 5.38. The van der Waals surface area contributed by atoms with Crippen LogP contribution in [0.1, 0.15) is 24.5 Å². The predicted molar refractivity (Wildman–Crippen MR) is 131 cm³/mol. The molecule has 0 aliphatic carbocycles. The molecule has 0 saturated carbocycles. The highest BCUT2D eigenvalue weighted by atomic mass is 32.2. The summed E-state index contributed by atoms with van der Waals surface area (Å²) in [5.74, 6) is 0. The molecule has 0 bridgehead atoms. The third-order valence-corrected chi connectivity index (χ3v) is 7.42. The van der Waals surface area contributed by atoms with Crippen molar-refractivity contribution in [3.05, 3.63) is 83.9 Å². The summed E-state index contributed by atoms with van der Waals surface area (Å²) in [5.41, 5.74) is 4.73. The highest BCUT2D eigenvalue weighted by Gasteiger charge is 2.28. The Morgan fingerprint density at radius 3 is 2.19 bits per heavy atom. The molecule has 7 heteroatoms. The van der Waals surface area contributed by atoms with Gasteiger partial charge in [-0.2, -0.15) is 0 Å². The van der Waals surface area contributed by atoms with Crippen LogP contribution in [0.15, 0.2) is 77.7 Å². The number of fused-ring (bicyclic) bond motifs is 1. The Balaban J connectivity index is 1.46. The van der Waals surface area contributed by atoms with Crippen LogP contribution in [0.25, 0.3) is 0 Å². The van der Waals surface area contributed by atoms with Gasteiger partial charge in [-0.05, 0) is 85.1 Å². The molecule has 0 unspecified atom stereocenters. The van der Waals surface area contributed by atoms with E-state index in [4.69, 9.17) is 12.2 Å². The second-order valence-corrected chi connectivity index (χ2v) is 9.73. The largest absolute Gasteiger partial charge is 0.332 e. The number of rotatable bonds is 5. The molecule has 1 aliphatic rings. The van der Waals surface area contributed by atoms with Gasteiger partial charge in [0.25, 0.3) is 10.0 Å². The smallest absolute Gasteiger partial charge is 0.264 e. The van der Waals surface area contributed by atoms with Gasteiger partial charge in [0.1, 0.15) is 0 Å². The standard InChI is InChI=1S/C24H25N3O2S2/c1-2-18-9-11-20(12-10-18)25-24(30)26-21-13-15-22(16-14-21)31(28,29)27-17-5-7-19-6-3-4-8-23(19)27/h3-4,6,8-16H,2,5,7,17H2,1H3,(H2,25,26,30). The van der Waals surface area contributed by atoms with Gasteiger partial charge in [-0.25, -0.2) is 8.42 Å². The molecule has 1 aliphatic heterocycles. The highest BCUT2D eigenvalue weighted by Crippen LogP contribution is 2.32. The van der Waals surface area contributed by atoms with Gasteiger partial charge in [-0.3, -0.25) is 4.31 Å². The van der Waals surface area contributed by atoms with Crippen molar-refractivity contribution >= 4 is 44.4 Å². The lowest BCUT2D eigenvalue weighted by Crippen LogP contribution is -2.35. The van der Waals surface area contributed by atoms with E-state index in [9.17, 15) is 8.42 Å². The monoisotopic (exact) mass is 451 g/mol. The SMILES string of the molecule is CCc1ccc(NC(=S)Nc2ccc(S(=O)(=O)N3CCCc4ccccc43)cc2)cc1. The van der Waals surface area contributed by atoms with E-state index in [0.29, 0.717) is 11.7 Å². The van der Waals surface area contributed by atoms with E-state index in [1.165, 1.54) is 9.87 Å². The van der Waals surface area contributed by atoms with Gasteiger partial charge >= 0.3 is 0 Å². The van der Waals surface area contributed by atoms with Crippen molar-refractivity contribution in [2.24, 2.45) is 0 Å². The minimum atomic E-state index is -3.62. The zero-order valence-electron chi connectivity index (χ0n) is 17.3. The van der Waals surface area contributed by atoms with E-state index in [1.54, 1.807) is 24.3 Å². The fourth-order valence-electron chi connectivity index (χ4n) is 3.70. The van der Waals surface area contributed by atoms with Gasteiger partial charge in [0, 0.05) is 17.9 Å². The maximum Gasteiger partial charge on any atom is 0.264 e. The zero-order chi connectivity index (χ0) is 21.8. The molecule has 3 aromatic rings. The van der Waals surface area contributed by atoms with Gasteiger partial charge in [0.2, 0.25) is 0 Å². The van der Waals surface area contributed by atoms with Crippen molar-refractivity contribution in [2.45, 2.75) is 31.1 Å². The lowest BCUT2D eigenvalue weighted by Gasteiger charge is -2.30. The van der Waals surface area contributed by atoms with Crippen molar-refractivity contribution in [1.29, 1.82) is 0 Å². The molecule has 0 radical (unpaired) electrons. The van der Waals surface area contributed by atoms with Crippen LogP contribution < -0.4 is 14.9 Å². The maximum atomic E-state index is 13.2. The second kappa shape index (κ2) is 9.08. The summed E-state index contributed by atoms with van der Waals surface area (Å²) < 4.78 is 28.0. The van der Waals surface area contributed by atoms with Crippen LogP contribution in [0.2, 0.25) is 0 Å². The number of sulfonamides is 1. The molecule has 5 nitrogen and oxygen atoms in total. The number of thiocarbonyl (C=S) groups is 1. The topological polar surface area (TPSA) is 61.4 Å². The molecular weight excluding hydrogens is 426 g/mol. The summed E-state index contributed by atoms with van der Waals surface area (Å²) in [4.78, 5) is 0.267. The van der Waals surface area contributed by atoms with Gasteiger partial charge in [-0.1, -0.05) is 37.3 Å². The molecular formula is C24H25N3O2S2. The fourth-order valence-corrected chi connectivity index (χ4v) is 5.48. The zero-order valence-corrected chi connectivity index (χ0v) is 19.0. The Morgan fingerprint density at radius 1 is 0.935 bits per heavy atom. The van der Waals surface area contributed by atoms with E-state index >= 15 is 0 Å². The molecule has 2 N–H and O–H groups in total. The van der Waals surface area contributed by atoms with Crippen molar-refractivity contribution in [3.8, 4) is 0 Å². The number of nitrogens with one attached hydrogen (secondary N) is 2. The van der Waals surface area contributed by atoms with Gasteiger partial charge in [0.05, 0.1) is 10.6 Å². The molecule has 4 rings (SSSR count). The van der Waals surface area contributed by atoms with Crippen molar-refractivity contribution in [3.63, 3.8) is 0 Å². The lowest BCUT2D eigenvalue weighted by molar-refractivity contribution is 0.586. The molecule has 1 heterocycles. The van der Waals surface area contributed by atoms with E-state index in [1.807, 2.05) is 36.4 Å². The first-order valence-electron chi connectivity index (χ1n) is 10.3. The first-order chi connectivity index (χ1) is 15.0. The molecule has 3 aromatic carbocycles. The second-order valence-electron chi connectivity index (χ2n) is 7.46. The van der Waals surface area contributed by atoms with E-state index in [2.05, 4.69) is 29.7 Å². The van der Waals surface area contributed by atoms with Gasteiger partial charge < -0.3 is 10.6 Å². The number of para-hydroxylation sites is 1. The number of hydrogen-bond acceptors (Lipinski definition) is 3. The first-order valence-corrected chi connectivity index (χ1v) is 12.2. The van der Waals surface area contributed by atoms with Crippen LogP contribution >= 0.6 is 12.2 Å². The van der Waals surface area contributed by atoms with E-state index in [0.717, 1.165) is 41.9 Å². The van der Waals surface area contributed by atoms with Crippen LogP contribution in [-0.2, 0) is 22.9 Å². The third-order valence-electron chi connectivity index (χ3n) is 5.39. The lowest BCUT2D eigenvalue weighted by atomic mass is 10.0. The molecule has 0 aromatic heterocycles. The number of benzene rings is 3. The molecule has 0 amide bonds. The number of anilines is 3. The van der Waals surface area contributed by atoms with Crippen LogP contribution in [0.4, 0.5) is 17.1 Å². The van der Waals surface area contributed by atoms with E-state index in [-0.39, 0.29) is 4.90 Å². The summed E-state index contributed by atoms with van der Waals surface area (Å²) in [6, 6.07) is 22.5. The van der Waals surface area contributed by atoms with Crippen molar-refractivity contribution in [1.82, 2.24) is 0 Å². The molecule has 0 saturated heterocycles. The van der Waals surface area contributed by atoms with Crippen LogP contribution in [0, 0.1) is 0 Å². The Labute approximate surface area is 189 Å². The van der Waals surface area contributed by atoms with Crippen molar-refractivity contribution in [2.75, 3.05) is 21.5 Å². The van der Waals surface area contributed by atoms with Crippen molar-refractivity contribution < 1.29 is 8.42 Å². The van der Waals surface area contributed by atoms with Crippen LogP contribution in [-0.4, -0.2) is 20.1 Å². The normalized spacial score (nSPS) is 13.4. The number of aryl methyl sites for hydroxylation is 2. The van der Waals surface area contributed by atoms with Gasteiger partial charge in [-0.15, -0.1) is 0 Å². The third kappa shape index (κ3) is 4.73. The number of nitrogens with zero attached hydrogens (tertiary/aromatic N) is 1. The average Bonchev–Trinajstić information content (AvgIpc) is 2.79. The summed E-state index contributed by atoms with van der Waals surface area (Å²) in [5, 5.41) is 6.70. The maximum absolute atomic E-state index is 13.2. The Bertz CT molecular complexity index is 1170. The Morgan fingerprint density at radius 2 is 1.55 bits per heavy atom. The molecule has 0 atom stereocenters. The Kier molecular flexibility index (Phi) is 6.25. The molecule has 160 valence electrons. The summed E-state index contributed by atoms with van der Waals surface area (Å²) in [6.07, 6.45) is 2.70. The minimum Gasteiger partial charge on any atom is -0.332 e. The van der Waals surface area contributed by atoms with Gasteiger partial charge in [0.15, 0.2) is 5.11 Å². The quantitative estimate of drug-likeness (QED) is 0.522. The summed E-state index contributed by atoms with van der Waals surface area (Å²) in [6.45, 7) is 2.60. The summed E-state index contributed by atoms with van der Waals surface area (Å²) in [7, 11) is -3.62. The van der Waals surface area contributed by atoms with Crippen LogP contribution in [0.3, 0.4) is 0 Å². The predicted octanol–water partition coefficient (Wildman–Crippen LogP) is 5.20. The first kappa shape index (κ1) is 21.3. The minimum absolute atomic E-state index is 0.267. The highest BCUT2D eigenvalue weighted by molar-refractivity contribution is 7.92. The number of hydrogen-bond donors (Lipinski definition) is 2. The van der Waals surface area contributed by atoms with Crippen LogP contribution in [0.5, 0.6) is 0 Å². The molecule has 0 spiro atoms. The average molecular weight is 452 g/mol. The fraction of sp³-hybridized carbons (Fsp3) is 0.208. The molecule has 31 heavy (non-hydrogen) atoms. The van der Waals surface area contributed by atoms with E-state index < -0.39 is 10.0 Å². The Hall–Kier alpha value is -2.90.